The van der Waals surface area contributed by atoms with Gasteiger partial charge in [-0.25, -0.2) is 15.0 Å². The van der Waals surface area contributed by atoms with Gasteiger partial charge in [0.05, 0.1) is 11.3 Å². The predicted molar refractivity (Wildman–Crippen MR) is 131 cm³/mol. The molecule has 3 aromatic heterocycles. The third kappa shape index (κ3) is 4.79. The van der Waals surface area contributed by atoms with Gasteiger partial charge < -0.3 is 20.5 Å². The first-order valence-electron chi connectivity index (χ1n) is 12.3. The largest absolute Gasteiger partial charge is 0.381 e. The molecule has 2 aliphatic rings. The van der Waals surface area contributed by atoms with Gasteiger partial charge in [0, 0.05) is 54.8 Å². The Labute approximate surface area is 194 Å². The van der Waals surface area contributed by atoms with Crippen molar-refractivity contribution < 1.29 is 4.79 Å². The summed E-state index contributed by atoms with van der Waals surface area (Å²) < 4.78 is 0. The molecule has 4 heterocycles. The molecular weight excluding hydrogens is 414 g/mol. The van der Waals surface area contributed by atoms with Crippen LogP contribution >= 0.6 is 0 Å². The van der Waals surface area contributed by atoms with Crippen molar-refractivity contribution in [2.75, 3.05) is 23.3 Å². The van der Waals surface area contributed by atoms with Gasteiger partial charge in [0.1, 0.15) is 5.65 Å². The van der Waals surface area contributed by atoms with Gasteiger partial charge >= 0.3 is 0 Å². The Bertz CT molecular complexity index is 1080. The molecule has 2 fully saturated rings. The molecule has 8 nitrogen and oxygen atoms in total. The number of amides is 1. The van der Waals surface area contributed by atoms with E-state index in [-0.39, 0.29) is 11.9 Å². The highest BCUT2D eigenvalue weighted by molar-refractivity contribution is 6.07. The number of pyridine rings is 1. The molecule has 5 rings (SSSR count). The van der Waals surface area contributed by atoms with E-state index in [9.17, 15) is 4.79 Å². The summed E-state index contributed by atoms with van der Waals surface area (Å²) in [7, 11) is 0. The number of carbonyl (C=O) groups is 1. The number of nitrogens with zero attached hydrogens (tertiary/aromatic N) is 4. The second kappa shape index (κ2) is 9.77. The van der Waals surface area contributed by atoms with Gasteiger partial charge in [-0.1, -0.05) is 26.2 Å². The van der Waals surface area contributed by atoms with Crippen molar-refractivity contribution in [3.05, 3.63) is 42.0 Å². The maximum Gasteiger partial charge on any atom is 0.255 e. The zero-order valence-electron chi connectivity index (χ0n) is 19.3. The van der Waals surface area contributed by atoms with Crippen molar-refractivity contribution >= 4 is 28.6 Å². The zero-order valence-corrected chi connectivity index (χ0v) is 19.3. The molecule has 0 spiro atoms. The lowest BCUT2D eigenvalue weighted by Gasteiger charge is -2.32. The first-order chi connectivity index (χ1) is 16.2. The number of aromatic amines is 1. The molecule has 33 heavy (non-hydrogen) atoms. The van der Waals surface area contributed by atoms with E-state index in [1.165, 1.54) is 19.3 Å². The average molecular weight is 448 g/mol. The van der Waals surface area contributed by atoms with Gasteiger partial charge in [-0.15, -0.1) is 0 Å². The van der Waals surface area contributed by atoms with E-state index in [2.05, 4.69) is 48.5 Å². The summed E-state index contributed by atoms with van der Waals surface area (Å²) in [4.78, 5) is 32.3. The summed E-state index contributed by atoms with van der Waals surface area (Å²) in [6.45, 7) is 3.79. The molecule has 1 aliphatic carbocycles. The number of fused-ring (bicyclic) bond motifs is 1. The van der Waals surface area contributed by atoms with E-state index >= 15 is 0 Å². The zero-order chi connectivity index (χ0) is 22.6. The molecule has 1 saturated carbocycles. The molecule has 0 bridgehead atoms. The van der Waals surface area contributed by atoms with Crippen LogP contribution in [0.15, 0.2) is 30.7 Å². The van der Waals surface area contributed by atoms with Crippen LogP contribution in [0.3, 0.4) is 0 Å². The molecule has 174 valence electrons. The van der Waals surface area contributed by atoms with Gasteiger partial charge in [-0.05, 0) is 44.2 Å². The molecule has 1 saturated heterocycles. The van der Waals surface area contributed by atoms with E-state index in [0.29, 0.717) is 11.6 Å². The summed E-state index contributed by atoms with van der Waals surface area (Å²) in [6.07, 6.45) is 14.0. The molecule has 0 atom stereocenters. The van der Waals surface area contributed by atoms with Crippen LogP contribution in [-0.4, -0.2) is 51.0 Å². The summed E-state index contributed by atoms with van der Waals surface area (Å²) in [6, 6.07) is 4.51. The van der Waals surface area contributed by atoms with Crippen molar-refractivity contribution in [3.63, 3.8) is 0 Å². The highest BCUT2D eigenvalue weighted by Crippen LogP contribution is 2.31. The van der Waals surface area contributed by atoms with E-state index < -0.39 is 0 Å². The number of hydrogen-bond acceptors (Lipinski definition) is 6. The number of aromatic nitrogens is 4. The van der Waals surface area contributed by atoms with E-state index in [1.54, 1.807) is 18.6 Å². The van der Waals surface area contributed by atoms with E-state index in [4.69, 9.17) is 0 Å². The van der Waals surface area contributed by atoms with Gasteiger partial charge in [0.2, 0.25) is 5.95 Å². The molecule has 0 aromatic carbocycles. The van der Waals surface area contributed by atoms with Crippen LogP contribution in [-0.2, 0) is 6.42 Å². The molecular formula is C25H33N7O. The lowest BCUT2D eigenvalue weighted by Crippen LogP contribution is -2.45. The summed E-state index contributed by atoms with van der Waals surface area (Å²) >= 11 is 0. The summed E-state index contributed by atoms with van der Waals surface area (Å²) in [5.41, 5.74) is 3.55. The minimum absolute atomic E-state index is 0.0450. The Kier molecular flexibility index (Phi) is 6.41. The average Bonchev–Trinajstić information content (AvgIpc) is 3.30. The van der Waals surface area contributed by atoms with Gasteiger partial charge in [-0.3, -0.25) is 4.79 Å². The minimum Gasteiger partial charge on any atom is -0.381 e. The Morgan fingerprint density at radius 3 is 2.55 bits per heavy atom. The summed E-state index contributed by atoms with van der Waals surface area (Å²) in [5.74, 6) is 0.714. The molecule has 1 amide bonds. The fourth-order valence-corrected chi connectivity index (χ4v) is 5.04. The number of anilines is 2. The Hall–Kier alpha value is -3.16. The lowest BCUT2D eigenvalue weighted by atomic mass is 9.95. The molecule has 0 unspecified atom stereocenters. The third-order valence-corrected chi connectivity index (χ3v) is 6.96. The van der Waals surface area contributed by atoms with Gasteiger partial charge in [0.25, 0.3) is 5.91 Å². The first-order valence-corrected chi connectivity index (χ1v) is 12.3. The van der Waals surface area contributed by atoms with Crippen molar-refractivity contribution in [1.29, 1.82) is 0 Å². The predicted octanol–water partition coefficient (Wildman–Crippen LogP) is 4.06. The van der Waals surface area contributed by atoms with Crippen molar-refractivity contribution in [1.82, 2.24) is 25.3 Å². The van der Waals surface area contributed by atoms with Gasteiger partial charge in [-0.2, -0.15) is 0 Å². The molecule has 3 N–H and O–H groups in total. The Morgan fingerprint density at radius 2 is 1.82 bits per heavy atom. The van der Waals surface area contributed by atoms with Crippen LogP contribution in [0.2, 0.25) is 0 Å². The van der Waals surface area contributed by atoms with Crippen LogP contribution in [0, 0.1) is 0 Å². The van der Waals surface area contributed by atoms with E-state index in [1.807, 2.05) is 6.07 Å². The Balaban J connectivity index is 1.32. The number of rotatable bonds is 6. The second-order valence-corrected chi connectivity index (χ2v) is 9.22. The number of H-pyrrole nitrogens is 1. The van der Waals surface area contributed by atoms with Crippen molar-refractivity contribution in [2.24, 2.45) is 0 Å². The normalized spacial score (nSPS) is 17.9. The van der Waals surface area contributed by atoms with Crippen LogP contribution in [0.5, 0.6) is 0 Å². The molecule has 3 aromatic rings. The monoisotopic (exact) mass is 447 g/mol. The number of carbonyl (C=O) groups excluding carboxylic acids is 1. The number of hydrogen-bond donors (Lipinski definition) is 3. The summed E-state index contributed by atoms with van der Waals surface area (Å²) in [5, 5.41) is 8.02. The smallest absolute Gasteiger partial charge is 0.255 e. The standard InChI is InChI=1S/C25H33N7O/c1-2-17-15-20-22(29-18-7-4-3-5-8-18)21(16-28-23(20)30-17)24(33)31-19-9-13-32(14-10-19)25-26-11-6-12-27-25/h6,11-12,15-16,18-19H,2-5,7-10,13-14H2,1H3,(H,31,33)(H2,28,29,30). The van der Waals surface area contributed by atoms with Crippen LogP contribution in [0.4, 0.5) is 11.6 Å². The quantitative estimate of drug-likeness (QED) is 0.527. The Morgan fingerprint density at radius 1 is 1.06 bits per heavy atom. The van der Waals surface area contributed by atoms with Crippen molar-refractivity contribution in [3.8, 4) is 0 Å². The van der Waals surface area contributed by atoms with Crippen LogP contribution in [0.1, 0.15) is 67.9 Å². The maximum atomic E-state index is 13.4. The molecule has 8 heteroatoms. The first kappa shape index (κ1) is 21.7. The highest BCUT2D eigenvalue weighted by Gasteiger charge is 2.25. The lowest BCUT2D eigenvalue weighted by molar-refractivity contribution is 0.0931. The third-order valence-electron chi connectivity index (χ3n) is 6.96. The number of aryl methyl sites for hydroxylation is 1. The van der Waals surface area contributed by atoms with Crippen molar-refractivity contribution in [2.45, 2.75) is 70.4 Å². The maximum absolute atomic E-state index is 13.4. The number of piperidine rings is 1. The SMILES string of the molecule is CCc1cc2c(NC3CCCCC3)c(C(=O)NC3CCN(c4ncccn4)CC3)cnc2[nH]1. The fourth-order valence-electron chi connectivity index (χ4n) is 5.04. The molecule has 1 aliphatic heterocycles. The minimum atomic E-state index is -0.0450. The second-order valence-electron chi connectivity index (χ2n) is 9.22. The van der Waals surface area contributed by atoms with Gasteiger partial charge in [0.15, 0.2) is 0 Å². The van der Waals surface area contributed by atoms with E-state index in [0.717, 1.165) is 73.6 Å². The van der Waals surface area contributed by atoms with Crippen LogP contribution in [0.25, 0.3) is 11.0 Å². The highest BCUT2D eigenvalue weighted by atomic mass is 16.1. The number of nitrogens with one attached hydrogen (secondary N) is 3. The fraction of sp³-hybridized carbons (Fsp3) is 0.520. The van der Waals surface area contributed by atoms with Crippen LogP contribution < -0.4 is 15.5 Å². The topological polar surface area (TPSA) is 98.8 Å². The molecule has 0 radical (unpaired) electrons.